The van der Waals surface area contributed by atoms with Crippen LogP contribution in [0.15, 0.2) is 11.4 Å². The van der Waals surface area contributed by atoms with E-state index in [4.69, 9.17) is 12.6 Å². The maximum absolute atomic E-state index is 5.16. The highest BCUT2D eigenvalue weighted by molar-refractivity contribution is 7.80. The van der Waals surface area contributed by atoms with Crippen LogP contribution >= 0.6 is 12.6 Å². The molecule has 2 heterocycles. The third-order valence-corrected chi connectivity index (χ3v) is 2.33. The summed E-state index contributed by atoms with van der Waals surface area (Å²) in [5.41, 5.74) is 1.91. The number of hydrogen-bond donors (Lipinski definition) is 0. The number of nitrogens with zero attached hydrogens (tertiary/aromatic N) is 4. The first-order chi connectivity index (χ1) is 5.70. The molecule has 0 aromatic carbocycles. The van der Waals surface area contributed by atoms with E-state index in [1.54, 1.807) is 4.52 Å². The molecule has 4 nitrogen and oxygen atoms in total. The van der Waals surface area contributed by atoms with Gasteiger partial charge in [0.2, 0.25) is 0 Å². The predicted molar refractivity (Wildman–Crippen MR) is 46.1 cm³/mol. The fourth-order valence-electron chi connectivity index (χ4n) is 1.00. The van der Waals surface area contributed by atoms with Gasteiger partial charge in [0.15, 0.2) is 0 Å². The molecular formula is C7H7N4S. The average Bonchev–Trinajstić information content (AvgIpc) is 2.48. The molecule has 61 valence electrons. The van der Waals surface area contributed by atoms with Gasteiger partial charge in [0.05, 0.1) is 0 Å². The van der Waals surface area contributed by atoms with E-state index in [1.807, 2.05) is 13.8 Å². The Labute approximate surface area is 75.1 Å². The van der Waals surface area contributed by atoms with Crippen molar-refractivity contribution in [2.24, 2.45) is 0 Å². The summed E-state index contributed by atoms with van der Waals surface area (Å²) in [5, 5.41) is 4.65. The molecule has 2 aromatic heterocycles. The minimum atomic E-state index is 0.572. The zero-order valence-corrected chi connectivity index (χ0v) is 7.59. The summed E-state index contributed by atoms with van der Waals surface area (Å²) in [7, 11) is 0. The molecule has 0 bridgehead atoms. The van der Waals surface area contributed by atoms with E-state index in [0.29, 0.717) is 10.8 Å². The van der Waals surface area contributed by atoms with E-state index >= 15 is 0 Å². The highest BCUT2D eigenvalue weighted by Gasteiger charge is 2.07. The van der Waals surface area contributed by atoms with E-state index in [2.05, 4.69) is 15.1 Å². The molecule has 1 radical (unpaired) electrons. The molecule has 2 aromatic rings. The van der Waals surface area contributed by atoms with Crippen molar-refractivity contribution in [3.63, 3.8) is 0 Å². The van der Waals surface area contributed by atoms with Gasteiger partial charge in [-0.25, -0.2) is 4.98 Å². The molecule has 0 aliphatic heterocycles. The van der Waals surface area contributed by atoms with Gasteiger partial charge in [-0.05, 0) is 13.8 Å². The van der Waals surface area contributed by atoms with E-state index in [1.165, 1.54) is 6.33 Å². The quantitative estimate of drug-likeness (QED) is 0.572. The number of aromatic nitrogens is 4. The van der Waals surface area contributed by atoms with Crippen molar-refractivity contribution in [1.29, 1.82) is 0 Å². The molecule has 0 N–H and O–H groups in total. The number of hydrogen-bond acceptors (Lipinski definition) is 3. The summed E-state index contributed by atoms with van der Waals surface area (Å²) in [6.07, 6.45) is 1.46. The SMILES string of the molecule is Cc1nc2ncnn2c([S])c1C. The van der Waals surface area contributed by atoms with Gasteiger partial charge in [-0.2, -0.15) is 14.6 Å². The molecule has 5 heteroatoms. The van der Waals surface area contributed by atoms with Gasteiger partial charge >= 0.3 is 0 Å². The third-order valence-electron chi connectivity index (χ3n) is 1.85. The molecule has 0 saturated heterocycles. The number of rotatable bonds is 0. The zero-order valence-electron chi connectivity index (χ0n) is 6.77. The number of aryl methyl sites for hydroxylation is 1. The number of fused-ring (bicyclic) bond motifs is 1. The van der Waals surface area contributed by atoms with Crippen molar-refractivity contribution in [2.75, 3.05) is 0 Å². The summed E-state index contributed by atoms with van der Waals surface area (Å²) in [6, 6.07) is 0. The largest absolute Gasteiger partial charge is 0.253 e. The summed E-state index contributed by atoms with van der Waals surface area (Å²) < 4.78 is 1.57. The molecule has 0 amide bonds. The van der Waals surface area contributed by atoms with E-state index < -0.39 is 0 Å². The smallest absolute Gasteiger partial charge is 0.216 e. The second-order valence-electron chi connectivity index (χ2n) is 2.60. The normalized spacial score (nSPS) is 10.8. The first-order valence-electron chi connectivity index (χ1n) is 3.54. The lowest BCUT2D eigenvalue weighted by Gasteiger charge is -2.02. The topological polar surface area (TPSA) is 43.1 Å². The predicted octanol–water partition coefficient (Wildman–Crippen LogP) is 1.30. The Hall–Kier alpha value is -1.23. The first kappa shape index (κ1) is 7.42. The molecule has 0 aliphatic carbocycles. The fourth-order valence-corrected chi connectivity index (χ4v) is 1.28. The Kier molecular flexibility index (Phi) is 1.47. The van der Waals surface area contributed by atoms with E-state index in [9.17, 15) is 0 Å². The van der Waals surface area contributed by atoms with Crippen molar-refractivity contribution in [3.8, 4) is 0 Å². The molecule has 2 rings (SSSR count). The molecule has 0 atom stereocenters. The van der Waals surface area contributed by atoms with Crippen LogP contribution in [0.4, 0.5) is 0 Å². The second kappa shape index (κ2) is 2.38. The van der Waals surface area contributed by atoms with Crippen LogP contribution in [0.25, 0.3) is 5.78 Å². The van der Waals surface area contributed by atoms with Crippen molar-refractivity contribution >= 4 is 18.4 Å². The van der Waals surface area contributed by atoms with Crippen LogP contribution in [0, 0.1) is 13.8 Å². The Bertz CT molecular complexity index is 434. The molecule has 0 spiro atoms. The summed E-state index contributed by atoms with van der Waals surface area (Å²) in [6.45, 7) is 3.85. The standard InChI is InChI=1S/C7H7N4S/c1-4-5(2)10-7-8-3-9-11(7)6(4)12/h3H,1-2H3. The van der Waals surface area contributed by atoms with Crippen LogP contribution < -0.4 is 0 Å². The highest BCUT2D eigenvalue weighted by atomic mass is 32.1. The monoisotopic (exact) mass is 179 g/mol. The van der Waals surface area contributed by atoms with Gasteiger partial charge in [-0.15, -0.1) is 0 Å². The lowest BCUT2D eigenvalue weighted by Crippen LogP contribution is -1.99. The Balaban J connectivity index is 2.94. The minimum absolute atomic E-state index is 0.572. The molecule has 0 unspecified atom stereocenters. The zero-order chi connectivity index (χ0) is 8.72. The van der Waals surface area contributed by atoms with Gasteiger partial charge in [0.1, 0.15) is 11.4 Å². The lowest BCUT2D eigenvalue weighted by molar-refractivity contribution is 0.817. The van der Waals surface area contributed by atoms with Crippen LogP contribution in [-0.4, -0.2) is 19.6 Å². The molecule has 0 saturated carbocycles. The van der Waals surface area contributed by atoms with Crippen LogP contribution in [0.2, 0.25) is 0 Å². The van der Waals surface area contributed by atoms with Gasteiger partial charge in [0, 0.05) is 11.3 Å². The lowest BCUT2D eigenvalue weighted by atomic mass is 10.3. The van der Waals surface area contributed by atoms with Crippen molar-refractivity contribution in [3.05, 3.63) is 17.6 Å². The molecule has 0 fully saturated rings. The average molecular weight is 179 g/mol. The highest BCUT2D eigenvalue weighted by Crippen LogP contribution is 2.14. The van der Waals surface area contributed by atoms with Crippen LogP contribution in [-0.2, 0) is 0 Å². The molecule has 12 heavy (non-hydrogen) atoms. The van der Waals surface area contributed by atoms with Crippen molar-refractivity contribution < 1.29 is 0 Å². The third kappa shape index (κ3) is 0.863. The molecule has 0 aliphatic rings. The first-order valence-corrected chi connectivity index (χ1v) is 3.95. The summed E-state index contributed by atoms with van der Waals surface area (Å²) in [4.78, 5) is 8.17. The van der Waals surface area contributed by atoms with Gasteiger partial charge in [0.25, 0.3) is 5.78 Å². The summed E-state index contributed by atoms with van der Waals surface area (Å²) in [5.74, 6) is 0.572. The Morgan fingerprint density at radius 1 is 1.42 bits per heavy atom. The van der Waals surface area contributed by atoms with E-state index in [0.717, 1.165) is 11.3 Å². The fraction of sp³-hybridized carbons (Fsp3) is 0.286. The maximum atomic E-state index is 5.16. The van der Waals surface area contributed by atoms with Crippen LogP contribution in [0.5, 0.6) is 0 Å². The van der Waals surface area contributed by atoms with Crippen LogP contribution in [0.3, 0.4) is 0 Å². The summed E-state index contributed by atoms with van der Waals surface area (Å²) >= 11 is 5.16. The van der Waals surface area contributed by atoms with Gasteiger partial charge < -0.3 is 0 Å². The van der Waals surface area contributed by atoms with Crippen molar-refractivity contribution in [1.82, 2.24) is 19.6 Å². The molecular weight excluding hydrogens is 172 g/mol. The second-order valence-corrected chi connectivity index (χ2v) is 2.99. The van der Waals surface area contributed by atoms with Crippen LogP contribution in [0.1, 0.15) is 11.3 Å². The minimum Gasteiger partial charge on any atom is -0.216 e. The Morgan fingerprint density at radius 3 is 2.92 bits per heavy atom. The Morgan fingerprint density at radius 2 is 2.17 bits per heavy atom. The van der Waals surface area contributed by atoms with Gasteiger partial charge in [-0.3, -0.25) is 0 Å². The van der Waals surface area contributed by atoms with Gasteiger partial charge in [-0.1, -0.05) is 12.6 Å². The van der Waals surface area contributed by atoms with Crippen molar-refractivity contribution in [2.45, 2.75) is 18.9 Å². The van der Waals surface area contributed by atoms with E-state index in [-0.39, 0.29) is 0 Å². The maximum Gasteiger partial charge on any atom is 0.253 e.